The summed E-state index contributed by atoms with van der Waals surface area (Å²) in [5.74, 6) is -3.52. The summed E-state index contributed by atoms with van der Waals surface area (Å²) in [4.78, 5) is 42.2. The molecule has 1 aliphatic heterocycles. The fourth-order valence-corrected chi connectivity index (χ4v) is 2.47. The zero-order valence-corrected chi connectivity index (χ0v) is 15.0. The van der Waals surface area contributed by atoms with Crippen LogP contribution in [0.5, 0.6) is 0 Å². The van der Waals surface area contributed by atoms with Crippen LogP contribution in [0.3, 0.4) is 0 Å². The third-order valence-electron chi connectivity index (χ3n) is 2.86. The average molecular weight is 363 g/mol. The first-order valence-electron chi connectivity index (χ1n) is 5.94. The van der Waals surface area contributed by atoms with Gasteiger partial charge in [0.15, 0.2) is 5.25 Å². The predicted molar refractivity (Wildman–Crippen MR) is 78.2 cm³/mol. The number of imide groups is 1. The van der Waals surface area contributed by atoms with E-state index in [-0.39, 0.29) is 45.9 Å². The van der Waals surface area contributed by atoms with Crippen molar-refractivity contribution < 1.29 is 32.2 Å². The summed E-state index contributed by atoms with van der Waals surface area (Å²) in [6.07, 6.45) is -0.819. The van der Waals surface area contributed by atoms with Crippen molar-refractivity contribution in [2.75, 3.05) is 0 Å². The summed E-state index contributed by atoms with van der Waals surface area (Å²) < 4.78 is 30.8. The molecule has 2 amide bonds. The van der Waals surface area contributed by atoms with E-state index in [0.29, 0.717) is 0 Å². The minimum absolute atomic E-state index is 0. The SMILES string of the molecule is [N-]=[N+]=Nc1ccc(C(=O)ON2C(=O)CC(S(=O)(=O)O)C2=O)cc1.[Na]. The maximum atomic E-state index is 11.8. The molecule has 1 aromatic rings. The number of hydrogen-bond donors (Lipinski definition) is 1. The number of amides is 2. The van der Waals surface area contributed by atoms with Crippen molar-refractivity contribution >= 4 is 63.1 Å². The molecule has 1 atom stereocenters. The van der Waals surface area contributed by atoms with Crippen molar-refractivity contribution in [2.45, 2.75) is 11.7 Å². The van der Waals surface area contributed by atoms with Crippen LogP contribution in [0, 0.1) is 0 Å². The van der Waals surface area contributed by atoms with Crippen LogP contribution in [0.15, 0.2) is 29.4 Å². The minimum atomic E-state index is -4.78. The zero-order chi connectivity index (χ0) is 17.2. The van der Waals surface area contributed by atoms with Crippen LogP contribution in [-0.4, -0.2) is 70.6 Å². The normalized spacial score (nSPS) is 17.0. The Morgan fingerprint density at radius 1 is 1.33 bits per heavy atom. The van der Waals surface area contributed by atoms with Gasteiger partial charge in [0.25, 0.3) is 21.9 Å². The number of carbonyl (C=O) groups excluding carboxylic acids is 3. The Kier molecular flexibility index (Phi) is 6.49. The zero-order valence-electron chi connectivity index (χ0n) is 12.2. The molecule has 1 fully saturated rings. The largest absolute Gasteiger partial charge is 0.363 e. The summed E-state index contributed by atoms with van der Waals surface area (Å²) >= 11 is 0. The van der Waals surface area contributed by atoms with Gasteiger partial charge >= 0.3 is 5.97 Å². The molecular weight excluding hydrogens is 355 g/mol. The first-order chi connectivity index (χ1) is 10.7. The smallest absolute Gasteiger partial charge is 0.325 e. The second kappa shape index (κ2) is 7.75. The molecule has 11 nitrogen and oxygen atoms in total. The van der Waals surface area contributed by atoms with Crippen LogP contribution in [0.4, 0.5) is 5.69 Å². The molecule has 13 heteroatoms. The maximum Gasteiger partial charge on any atom is 0.363 e. The van der Waals surface area contributed by atoms with Gasteiger partial charge in [0, 0.05) is 40.2 Å². The first-order valence-corrected chi connectivity index (χ1v) is 7.45. The fraction of sp³-hybridized carbons (Fsp3) is 0.182. The predicted octanol–water partition coefficient (Wildman–Crippen LogP) is 0.335. The van der Waals surface area contributed by atoms with Gasteiger partial charge in [-0.15, -0.1) is 5.06 Å². The van der Waals surface area contributed by atoms with Crippen LogP contribution in [0.25, 0.3) is 10.4 Å². The number of azide groups is 1. The van der Waals surface area contributed by atoms with E-state index < -0.39 is 39.6 Å². The van der Waals surface area contributed by atoms with E-state index in [2.05, 4.69) is 14.9 Å². The van der Waals surface area contributed by atoms with Gasteiger partial charge in [-0.1, -0.05) is 17.2 Å². The number of nitrogens with zero attached hydrogens (tertiary/aromatic N) is 4. The Bertz CT molecular complexity index is 832. The van der Waals surface area contributed by atoms with Gasteiger partial charge in [0.1, 0.15) is 0 Å². The average Bonchev–Trinajstić information content (AvgIpc) is 2.76. The van der Waals surface area contributed by atoms with E-state index in [1.165, 1.54) is 24.3 Å². The number of hydrogen-bond acceptors (Lipinski definition) is 7. The summed E-state index contributed by atoms with van der Waals surface area (Å²) in [5.41, 5.74) is 8.41. The van der Waals surface area contributed by atoms with Crippen LogP contribution in [0.1, 0.15) is 16.8 Å². The van der Waals surface area contributed by atoms with E-state index in [0.717, 1.165) is 0 Å². The molecular formula is C11H8N4NaO7S. The van der Waals surface area contributed by atoms with Gasteiger partial charge < -0.3 is 4.84 Å². The van der Waals surface area contributed by atoms with Gasteiger partial charge in [-0.2, -0.15) is 8.42 Å². The number of carbonyl (C=O) groups is 3. The molecule has 0 aromatic heterocycles. The molecule has 24 heavy (non-hydrogen) atoms. The summed E-state index contributed by atoms with van der Waals surface area (Å²) in [6.45, 7) is 0. The molecule has 1 heterocycles. The Morgan fingerprint density at radius 3 is 2.38 bits per heavy atom. The Morgan fingerprint density at radius 2 is 1.92 bits per heavy atom. The molecule has 1 aliphatic rings. The molecule has 0 spiro atoms. The minimum Gasteiger partial charge on any atom is -0.325 e. The third kappa shape index (κ3) is 4.32. The van der Waals surface area contributed by atoms with Gasteiger partial charge in [-0.3, -0.25) is 14.1 Å². The van der Waals surface area contributed by atoms with Crippen molar-refractivity contribution in [3.8, 4) is 0 Å². The molecule has 0 bridgehead atoms. The molecule has 121 valence electrons. The maximum absolute atomic E-state index is 11.8. The quantitative estimate of drug-likeness (QED) is 0.201. The summed E-state index contributed by atoms with van der Waals surface area (Å²) in [6, 6.07) is 5.03. The number of benzene rings is 1. The summed E-state index contributed by atoms with van der Waals surface area (Å²) in [5, 5.41) is 1.30. The molecule has 1 radical (unpaired) electrons. The van der Waals surface area contributed by atoms with Gasteiger partial charge in [-0.05, 0) is 17.7 Å². The topological polar surface area (TPSA) is 167 Å². The molecule has 0 aliphatic carbocycles. The van der Waals surface area contributed by atoms with Gasteiger partial charge in [0.2, 0.25) is 0 Å². The van der Waals surface area contributed by atoms with Gasteiger partial charge in [0.05, 0.1) is 12.0 Å². The summed E-state index contributed by atoms with van der Waals surface area (Å²) in [7, 11) is -4.78. The second-order valence-corrected chi connectivity index (χ2v) is 5.95. The van der Waals surface area contributed by atoms with Crippen LogP contribution >= 0.6 is 0 Å². The molecule has 2 rings (SSSR count). The van der Waals surface area contributed by atoms with Crippen LogP contribution < -0.4 is 0 Å². The Labute approximate surface area is 157 Å². The van der Waals surface area contributed by atoms with E-state index in [9.17, 15) is 22.8 Å². The van der Waals surface area contributed by atoms with E-state index >= 15 is 0 Å². The van der Waals surface area contributed by atoms with E-state index in [4.69, 9.17) is 10.1 Å². The molecule has 1 N–H and O–H groups in total. The monoisotopic (exact) mass is 363 g/mol. The fourth-order valence-electron chi connectivity index (χ4n) is 1.76. The standard InChI is InChI=1S/C11H8N4O7S.Na/c12-14-13-7-3-1-6(2-4-7)11(18)22-15-9(16)5-8(10(15)17)23(19,20)21;/h1-4,8H,5H2,(H,19,20,21);. The van der Waals surface area contributed by atoms with Gasteiger partial charge in [-0.25, -0.2) is 4.79 Å². The second-order valence-electron chi connectivity index (χ2n) is 4.35. The third-order valence-corrected chi connectivity index (χ3v) is 3.95. The van der Waals surface area contributed by atoms with Crippen molar-refractivity contribution in [1.29, 1.82) is 0 Å². The van der Waals surface area contributed by atoms with E-state index in [1.807, 2.05) is 0 Å². The number of rotatable bonds is 4. The Balaban J connectivity index is 0.00000288. The molecule has 1 aromatic carbocycles. The van der Waals surface area contributed by atoms with E-state index in [1.54, 1.807) is 0 Å². The molecule has 1 saturated heterocycles. The van der Waals surface area contributed by atoms with Crippen molar-refractivity contribution in [1.82, 2.24) is 5.06 Å². The Hall–Kier alpha value is -1.95. The molecule has 0 saturated carbocycles. The first kappa shape index (κ1) is 20.1. The number of hydroxylamine groups is 2. The van der Waals surface area contributed by atoms with Crippen molar-refractivity contribution in [2.24, 2.45) is 5.11 Å². The van der Waals surface area contributed by atoms with Crippen LogP contribution in [0.2, 0.25) is 0 Å². The van der Waals surface area contributed by atoms with Crippen molar-refractivity contribution in [3.63, 3.8) is 0 Å². The van der Waals surface area contributed by atoms with Crippen LogP contribution in [-0.2, 0) is 24.5 Å². The molecule has 1 unspecified atom stereocenters. The van der Waals surface area contributed by atoms with Crippen molar-refractivity contribution in [3.05, 3.63) is 40.3 Å².